The summed E-state index contributed by atoms with van der Waals surface area (Å²) in [5.74, 6) is -1.35. The Kier molecular flexibility index (Phi) is 11.9. The molecule has 50 heavy (non-hydrogen) atoms. The molecule has 0 aromatic heterocycles. The Morgan fingerprint density at radius 2 is 1.18 bits per heavy atom. The molecule has 5 aromatic rings. The van der Waals surface area contributed by atoms with E-state index < -0.39 is 5.96 Å². The molecule has 1 aliphatic rings. The van der Waals surface area contributed by atoms with Gasteiger partial charge in [0.2, 0.25) is 0 Å². The minimum absolute atomic E-state index is 0.305. The third-order valence-electron chi connectivity index (χ3n) is 9.37. The van der Waals surface area contributed by atoms with Crippen LogP contribution >= 0.6 is 17.2 Å². The van der Waals surface area contributed by atoms with E-state index in [1.807, 2.05) is 42.5 Å². The van der Waals surface area contributed by atoms with Crippen LogP contribution in [0.5, 0.6) is 5.75 Å². The number of hydrogen-bond acceptors (Lipinski definition) is 4. The van der Waals surface area contributed by atoms with E-state index in [9.17, 15) is 0 Å². The predicted molar refractivity (Wildman–Crippen MR) is 214 cm³/mol. The Morgan fingerprint density at radius 3 is 1.76 bits per heavy atom. The van der Waals surface area contributed by atoms with E-state index in [0.717, 1.165) is 56.0 Å². The molecule has 0 fully saturated rings. The first kappa shape index (κ1) is 35.2. The molecule has 0 radical (unpaired) electrons. The minimum Gasteiger partial charge on any atom is -0.330 e. The van der Waals surface area contributed by atoms with Gasteiger partial charge in [-0.3, -0.25) is 10.3 Å². The molecule has 0 spiro atoms. The van der Waals surface area contributed by atoms with Crippen LogP contribution in [0, 0.1) is 0 Å². The summed E-state index contributed by atoms with van der Waals surface area (Å²) in [4.78, 5) is 9.18. The molecule has 258 valence electrons. The monoisotopic (exact) mass is 703 g/mol. The number of hydrogen-bond donors (Lipinski definition) is 3. The van der Waals surface area contributed by atoms with Crippen molar-refractivity contribution in [3.63, 3.8) is 0 Å². The van der Waals surface area contributed by atoms with E-state index in [4.69, 9.17) is 21.7 Å². The number of nitrogens with one attached hydrogen (secondary N) is 2. The summed E-state index contributed by atoms with van der Waals surface area (Å²) in [6, 6.07) is 50.6. The number of benzene rings is 5. The summed E-state index contributed by atoms with van der Waals surface area (Å²) in [6.45, 7) is 1.33. The van der Waals surface area contributed by atoms with E-state index in [-0.39, 0.29) is 6.17 Å². The predicted octanol–water partition coefficient (Wildman–Crippen LogP) is 7.80. The molecule has 0 saturated carbocycles. The largest absolute Gasteiger partial charge is 0.330 e. The molecule has 0 saturated heterocycles. The Labute approximate surface area is 301 Å². The second-order valence-electron chi connectivity index (χ2n) is 12.8. The van der Waals surface area contributed by atoms with Gasteiger partial charge in [-0.05, 0) is 12.0 Å². The summed E-state index contributed by atoms with van der Waals surface area (Å²) in [5, 5.41) is 10.1. The average Bonchev–Trinajstić information content (AvgIpc) is 3.17. The standard InChI is InChI=1S/C42H47ClN5OP/c43-50(37-20-10-5-11-21-37,38-22-12-6-13-23-38,39-24-14-7-15-25-39)33-17-3-1-2-16-32-49-36-28-26-35(27-29-36)40-46-41(44)48-42(47-40)45-31-30-34-18-8-4-9-19-34/h4-15,18-29,40H,1-3,16-17,30-33H2,(H4,44,45,46,47,48). The van der Waals surface area contributed by atoms with Crippen LogP contribution < -0.4 is 37.0 Å². The molecule has 8 heteroatoms. The SMILES string of the molecule is NC1=NC(c2ccc(OCCCCCCCP(Cl)(c3ccccc3)(c3ccccc3)c3ccccc3)cc2)NC(=NCCc2ccccc2)N1. The first-order chi connectivity index (χ1) is 24.5. The third-order valence-corrected chi connectivity index (χ3v) is 16.9. The van der Waals surface area contributed by atoms with Crippen LogP contribution in [0.3, 0.4) is 0 Å². The maximum absolute atomic E-state index is 8.20. The summed E-state index contributed by atoms with van der Waals surface area (Å²) >= 11 is 8.20. The Morgan fingerprint density at radius 1 is 0.660 bits per heavy atom. The second kappa shape index (κ2) is 16.8. The van der Waals surface area contributed by atoms with E-state index in [2.05, 4.69) is 124 Å². The molecule has 1 unspecified atom stereocenters. The van der Waals surface area contributed by atoms with Crippen LogP contribution in [0.1, 0.15) is 49.4 Å². The summed E-state index contributed by atoms with van der Waals surface area (Å²) in [5.41, 5.74) is 8.33. The molecule has 1 aliphatic heterocycles. The summed E-state index contributed by atoms with van der Waals surface area (Å²) < 4.78 is 6.10. The molecule has 0 aliphatic carbocycles. The van der Waals surface area contributed by atoms with Crippen molar-refractivity contribution in [3.8, 4) is 5.75 Å². The second-order valence-corrected chi connectivity index (χ2v) is 19.4. The van der Waals surface area contributed by atoms with E-state index in [1.54, 1.807) is 0 Å². The summed E-state index contributed by atoms with van der Waals surface area (Å²) in [6.07, 6.45) is 6.90. The number of halogens is 1. The fraction of sp³-hybridized carbons (Fsp3) is 0.238. The molecule has 1 atom stereocenters. The van der Waals surface area contributed by atoms with Gasteiger partial charge in [-0.25, -0.2) is 4.99 Å². The molecule has 4 N–H and O–H groups in total. The zero-order valence-electron chi connectivity index (χ0n) is 28.5. The Hall–Kier alpha value is -4.64. The zero-order valence-corrected chi connectivity index (χ0v) is 30.2. The van der Waals surface area contributed by atoms with Crippen LogP contribution in [0.25, 0.3) is 0 Å². The first-order valence-electron chi connectivity index (χ1n) is 17.6. The molecule has 0 bridgehead atoms. The van der Waals surface area contributed by atoms with E-state index in [0.29, 0.717) is 25.1 Å². The van der Waals surface area contributed by atoms with Crippen LogP contribution in [0.2, 0.25) is 0 Å². The van der Waals surface area contributed by atoms with Crippen molar-refractivity contribution in [2.75, 3.05) is 19.3 Å². The third kappa shape index (κ3) is 8.38. The van der Waals surface area contributed by atoms with Gasteiger partial charge >= 0.3 is 209 Å². The molecule has 0 amide bonds. The molecule has 1 heterocycles. The van der Waals surface area contributed by atoms with Gasteiger partial charge in [0.1, 0.15) is 0 Å². The van der Waals surface area contributed by atoms with Gasteiger partial charge in [-0.15, -0.1) is 0 Å². The molecule has 5 aromatic carbocycles. The number of unbranched alkanes of at least 4 members (excludes halogenated alkanes) is 4. The zero-order chi connectivity index (χ0) is 34.5. The Bertz CT molecular complexity index is 1740. The smallest absolute Gasteiger partial charge is 0.200 e. The van der Waals surface area contributed by atoms with Crippen molar-refractivity contribution >= 4 is 45.0 Å². The van der Waals surface area contributed by atoms with Gasteiger partial charge in [0.05, 0.1) is 0 Å². The van der Waals surface area contributed by atoms with Crippen LogP contribution in [-0.4, -0.2) is 31.2 Å². The maximum atomic E-state index is 8.20. The van der Waals surface area contributed by atoms with Gasteiger partial charge in [-0.1, -0.05) is 30.3 Å². The first-order valence-corrected chi connectivity index (χ1v) is 20.9. The van der Waals surface area contributed by atoms with Crippen molar-refractivity contribution in [1.29, 1.82) is 0 Å². The van der Waals surface area contributed by atoms with Gasteiger partial charge in [-0.2, -0.15) is 0 Å². The number of aliphatic imine (C=N–C) groups is 2. The van der Waals surface area contributed by atoms with Crippen molar-refractivity contribution in [1.82, 2.24) is 10.6 Å². The van der Waals surface area contributed by atoms with Gasteiger partial charge < -0.3 is 11.1 Å². The van der Waals surface area contributed by atoms with Crippen LogP contribution in [0.4, 0.5) is 0 Å². The summed E-state index contributed by atoms with van der Waals surface area (Å²) in [7, 11) is 0. The molecular weight excluding hydrogens is 657 g/mol. The fourth-order valence-electron chi connectivity index (χ4n) is 6.70. The molecule has 6 rings (SSSR count). The van der Waals surface area contributed by atoms with Crippen LogP contribution in [-0.2, 0) is 6.42 Å². The van der Waals surface area contributed by atoms with Gasteiger partial charge in [0.25, 0.3) is 0 Å². The Balaban J connectivity index is 0.979. The maximum Gasteiger partial charge on any atom is 0.200 e. The van der Waals surface area contributed by atoms with Crippen molar-refractivity contribution in [2.45, 2.75) is 44.7 Å². The minimum atomic E-state index is -3.19. The van der Waals surface area contributed by atoms with Crippen molar-refractivity contribution < 1.29 is 4.74 Å². The topological polar surface area (TPSA) is 84.0 Å². The average molecular weight is 704 g/mol. The number of guanidine groups is 2. The van der Waals surface area contributed by atoms with Crippen molar-refractivity contribution in [2.24, 2.45) is 15.7 Å². The number of nitrogens with two attached hydrogens (primary N) is 1. The number of nitrogens with zero attached hydrogens (tertiary/aromatic N) is 2. The normalized spacial score (nSPS) is 16.0. The quantitative estimate of drug-likeness (QED) is 0.0724. The van der Waals surface area contributed by atoms with Crippen LogP contribution in [0.15, 0.2) is 156 Å². The number of rotatable bonds is 16. The molecular formula is C42H47ClN5OP. The van der Waals surface area contributed by atoms with Crippen molar-refractivity contribution in [3.05, 3.63) is 157 Å². The van der Waals surface area contributed by atoms with Gasteiger partial charge in [0.15, 0.2) is 18.1 Å². The number of ether oxygens (including phenoxy) is 1. The van der Waals surface area contributed by atoms with E-state index in [1.165, 1.54) is 21.5 Å². The fourth-order valence-corrected chi connectivity index (χ4v) is 12.9. The molecule has 6 nitrogen and oxygen atoms in total. The van der Waals surface area contributed by atoms with Gasteiger partial charge in [0, 0.05) is 6.54 Å². The van der Waals surface area contributed by atoms with E-state index >= 15 is 0 Å².